The molecular formula is C33H45N7O7. The number of nitrogens with zero attached hydrogens (tertiary/aromatic N) is 2. The molecule has 0 unspecified atom stereocenters. The zero-order valence-corrected chi connectivity index (χ0v) is 28.0. The van der Waals surface area contributed by atoms with Crippen LogP contribution < -0.4 is 32.6 Å². The molecule has 1 heterocycles. The SMILES string of the molecule is Cn1c(N)nc2ccc(CNc3ccc(C(=O)N[C@@H](CCC(=O)NCCNC(=O)OC(C)(C)C)C(=O)OC(C)(C)C)cc3)cc2c1=O. The normalized spacial score (nSPS) is 12.1. The van der Waals surface area contributed by atoms with Crippen LogP contribution in [-0.2, 0) is 32.7 Å². The number of ether oxygens (including phenoxy) is 2. The number of esters is 1. The molecule has 0 spiro atoms. The van der Waals surface area contributed by atoms with Crippen LogP contribution in [0.1, 0.15) is 70.3 Å². The monoisotopic (exact) mass is 651 g/mol. The molecule has 0 bridgehead atoms. The quantitative estimate of drug-likeness (QED) is 0.143. The maximum absolute atomic E-state index is 13.1. The number of anilines is 2. The van der Waals surface area contributed by atoms with Crippen LogP contribution in [0.15, 0.2) is 47.3 Å². The molecule has 47 heavy (non-hydrogen) atoms. The largest absolute Gasteiger partial charge is 0.458 e. The number of rotatable bonds is 12. The maximum atomic E-state index is 13.1. The van der Waals surface area contributed by atoms with E-state index in [1.165, 1.54) is 4.57 Å². The first-order valence-corrected chi connectivity index (χ1v) is 15.3. The van der Waals surface area contributed by atoms with Crippen molar-refractivity contribution < 1.29 is 28.7 Å². The maximum Gasteiger partial charge on any atom is 0.407 e. The average Bonchev–Trinajstić information content (AvgIpc) is 2.97. The minimum atomic E-state index is -1.07. The molecule has 254 valence electrons. The Morgan fingerprint density at radius 2 is 1.55 bits per heavy atom. The summed E-state index contributed by atoms with van der Waals surface area (Å²) in [5.41, 5.74) is 6.52. The van der Waals surface area contributed by atoms with Gasteiger partial charge in [-0.2, -0.15) is 0 Å². The van der Waals surface area contributed by atoms with Crippen molar-refractivity contribution in [2.45, 2.75) is 78.2 Å². The summed E-state index contributed by atoms with van der Waals surface area (Å²) in [6.07, 6.45) is -0.655. The molecule has 0 aliphatic rings. The van der Waals surface area contributed by atoms with Crippen LogP contribution in [0.25, 0.3) is 10.9 Å². The van der Waals surface area contributed by atoms with E-state index in [4.69, 9.17) is 15.2 Å². The van der Waals surface area contributed by atoms with Crippen molar-refractivity contribution in [1.82, 2.24) is 25.5 Å². The van der Waals surface area contributed by atoms with Crippen molar-refractivity contribution in [3.05, 3.63) is 63.9 Å². The molecule has 0 aliphatic carbocycles. The van der Waals surface area contributed by atoms with Crippen LogP contribution in [-0.4, -0.2) is 63.8 Å². The van der Waals surface area contributed by atoms with Gasteiger partial charge in [-0.3, -0.25) is 19.0 Å². The Labute approximate surface area is 273 Å². The van der Waals surface area contributed by atoms with Crippen LogP contribution >= 0.6 is 0 Å². The highest BCUT2D eigenvalue weighted by molar-refractivity contribution is 5.97. The van der Waals surface area contributed by atoms with E-state index < -0.39 is 35.2 Å². The highest BCUT2D eigenvalue weighted by Gasteiger charge is 2.27. The number of alkyl carbamates (subject to hydrolysis) is 1. The first-order valence-electron chi connectivity index (χ1n) is 15.3. The Kier molecular flexibility index (Phi) is 11.9. The van der Waals surface area contributed by atoms with Gasteiger partial charge in [0.15, 0.2) is 0 Å². The summed E-state index contributed by atoms with van der Waals surface area (Å²) < 4.78 is 11.9. The van der Waals surface area contributed by atoms with Gasteiger partial charge in [-0.25, -0.2) is 14.6 Å². The molecule has 0 saturated heterocycles. The van der Waals surface area contributed by atoms with E-state index in [9.17, 15) is 24.0 Å². The summed E-state index contributed by atoms with van der Waals surface area (Å²) in [6.45, 7) is 11.1. The Balaban J connectivity index is 1.56. The number of fused-ring (bicyclic) bond motifs is 1. The number of hydrogen-bond acceptors (Lipinski definition) is 10. The second-order valence-corrected chi connectivity index (χ2v) is 13.0. The number of carbonyl (C=O) groups is 4. The van der Waals surface area contributed by atoms with Crippen LogP contribution in [0.5, 0.6) is 0 Å². The fourth-order valence-electron chi connectivity index (χ4n) is 4.30. The topological polar surface area (TPSA) is 196 Å². The predicted molar refractivity (Wildman–Crippen MR) is 179 cm³/mol. The van der Waals surface area contributed by atoms with Gasteiger partial charge in [-0.15, -0.1) is 0 Å². The first kappa shape index (κ1) is 36.3. The second kappa shape index (κ2) is 15.4. The third kappa shape index (κ3) is 11.6. The molecule has 14 nitrogen and oxygen atoms in total. The number of benzene rings is 2. The minimum absolute atomic E-state index is 0.00258. The van der Waals surface area contributed by atoms with Crippen LogP contribution in [0.4, 0.5) is 16.4 Å². The van der Waals surface area contributed by atoms with E-state index in [0.29, 0.717) is 23.0 Å². The number of hydrogen-bond donors (Lipinski definition) is 5. The van der Waals surface area contributed by atoms with Gasteiger partial charge in [0, 0.05) is 44.4 Å². The number of nitrogens with two attached hydrogens (primary N) is 1. The van der Waals surface area contributed by atoms with Crippen LogP contribution in [0.3, 0.4) is 0 Å². The van der Waals surface area contributed by atoms with Gasteiger partial charge in [0.05, 0.1) is 10.9 Å². The van der Waals surface area contributed by atoms with Crippen molar-refractivity contribution in [2.24, 2.45) is 7.05 Å². The Bertz CT molecular complexity index is 1660. The third-order valence-corrected chi connectivity index (χ3v) is 6.59. The van der Waals surface area contributed by atoms with Crippen molar-refractivity contribution in [3.63, 3.8) is 0 Å². The highest BCUT2D eigenvalue weighted by Crippen LogP contribution is 2.16. The van der Waals surface area contributed by atoms with Crippen LogP contribution in [0, 0.1) is 0 Å². The molecule has 0 aliphatic heterocycles. The predicted octanol–water partition coefficient (Wildman–Crippen LogP) is 2.99. The van der Waals surface area contributed by atoms with Crippen LogP contribution in [0.2, 0.25) is 0 Å². The zero-order chi connectivity index (χ0) is 34.9. The highest BCUT2D eigenvalue weighted by atomic mass is 16.6. The van der Waals surface area contributed by atoms with E-state index >= 15 is 0 Å². The van der Waals surface area contributed by atoms with E-state index in [1.54, 1.807) is 85.0 Å². The molecule has 1 atom stereocenters. The van der Waals surface area contributed by atoms with Crippen molar-refractivity contribution in [1.29, 1.82) is 0 Å². The Morgan fingerprint density at radius 3 is 2.19 bits per heavy atom. The smallest absolute Gasteiger partial charge is 0.407 e. The lowest BCUT2D eigenvalue weighted by Gasteiger charge is -2.24. The standard InChI is InChI=1S/C33H45N7O7/c1-32(2,3)46-29(44)25(14-15-26(41)35-16-17-36-31(45)47-33(4,5)6)38-27(42)21-9-11-22(12-10-21)37-19-20-8-13-24-23(18-20)28(43)40(7)30(34)39-24/h8-13,18,25,37H,14-17,19H2,1-7H3,(H2,34,39)(H,35,41)(H,36,45)(H,38,42)/t25-/m0/s1. The fraction of sp³-hybridized carbons (Fsp3) is 0.455. The second-order valence-electron chi connectivity index (χ2n) is 13.0. The number of aromatic nitrogens is 2. The van der Waals surface area contributed by atoms with E-state index in [2.05, 4.69) is 26.3 Å². The Hall–Kier alpha value is -5.14. The number of amides is 3. The first-order chi connectivity index (χ1) is 21.9. The summed E-state index contributed by atoms with van der Waals surface area (Å²) in [4.78, 5) is 67.0. The summed E-state index contributed by atoms with van der Waals surface area (Å²) in [7, 11) is 1.57. The molecule has 1 aromatic heterocycles. The van der Waals surface area contributed by atoms with Crippen molar-refractivity contribution in [2.75, 3.05) is 24.1 Å². The van der Waals surface area contributed by atoms with Crippen molar-refractivity contribution in [3.8, 4) is 0 Å². The lowest BCUT2D eigenvalue weighted by atomic mass is 10.1. The van der Waals surface area contributed by atoms with Gasteiger partial charge in [0.25, 0.3) is 11.5 Å². The molecule has 0 fully saturated rings. The number of carbonyl (C=O) groups excluding carboxylic acids is 4. The number of nitrogens with one attached hydrogen (secondary N) is 4. The summed E-state index contributed by atoms with van der Waals surface area (Å²) in [6, 6.07) is 10.9. The summed E-state index contributed by atoms with van der Waals surface area (Å²) >= 11 is 0. The Morgan fingerprint density at radius 1 is 0.915 bits per heavy atom. The van der Waals surface area contributed by atoms with Gasteiger partial charge in [-0.05, 0) is 89.9 Å². The minimum Gasteiger partial charge on any atom is -0.458 e. The molecule has 3 amide bonds. The molecule has 2 aromatic carbocycles. The molecule has 14 heteroatoms. The summed E-state index contributed by atoms with van der Waals surface area (Å²) in [5, 5.41) is 11.6. The van der Waals surface area contributed by atoms with Gasteiger partial charge >= 0.3 is 12.1 Å². The fourth-order valence-corrected chi connectivity index (χ4v) is 4.30. The van der Waals surface area contributed by atoms with Gasteiger partial charge in [0.2, 0.25) is 11.9 Å². The molecular weight excluding hydrogens is 606 g/mol. The zero-order valence-electron chi connectivity index (χ0n) is 28.0. The van der Waals surface area contributed by atoms with E-state index in [-0.39, 0.29) is 43.3 Å². The van der Waals surface area contributed by atoms with Crippen molar-refractivity contribution >= 4 is 46.4 Å². The summed E-state index contributed by atoms with van der Waals surface area (Å²) in [5.74, 6) is -1.39. The molecule has 0 saturated carbocycles. The lowest BCUT2D eigenvalue weighted by molar-refractivity contribution is -0.157. The molecule has 0 radical (unpaired) electrons. The number of nitrogen functional groups attached to an aromatic ring is 1. The van der Waals surface area contributed by atoms with Gasteiger partial charge < -0.3 is 36.5 Å². The third-order valence-electron chi connectivity index (χ3n) is 6.59. The molecule has 3 rings (SSSR count). The average molecular weight is 652 g/mol. The molecule has 3 aromatic rings. The lowest BCUT2D eigenvalue weighted by Crippen LogP contribution is -2.45. The van der Waals surface area contributed by atoms with E-state index in [0.717, 1.165) is 11.3 Å². The van der Waals surface area contributed by atoms with Gasteiger partial charge in [0.1, 0.15) is 17.2 Å². The molecule has 6 N–H and O–H groups in total. The van der Waals surface area contributed by atoms with Gasteiger partial charge in [-0.1, -0.05) is 6.07 Å². The van der Waals surface area contributed by atoms with E-state index in [1.807, 2.05) is 6.07 Å².